The number of halogens is 1. The molecule has 0 saturated carbocycles. The third-order valence-electron chi connectivity index (χ3n) is 2.33. The van der Waals surface area contributed by atoms with Gasteiger partial charge in [0.05, 0.1) is 17.6 Å². The first-order chi connectivity index (χ1) is 7.69. The van der Waals surface area contributed by atoms with Crippen LogP contribution in [-0.2, 0) is 11.2 Å². The van der Waals surface area contributed by atoms with Gasteiger partial charge in [-0.3, -0.25) is 9.78 Å². The van der Waals surface area contributed by atoms with E-state index in [1.807, 2.05) is 24.3 Å². The number of hydrogen-bond acceptors (Lipinski definition) is 2. The summed E-state index contributed by atoms with van der Waals surface area (Å²) in [5.74, 6) is -0.0409. The Labute approximate surface area is 98.4 Å². The van der Waals surface area contributed by atoms with Crippen LogP contribution in [0.1, 0.15) is 5.69 Å². The highest BCUT2D eigenvalue weighted by atomic mass is 35.5. The van der Waals surface area contributed by atoms with Gasteiger partial charge in [0.1, 0.15) is 0 Å². The molecule has 1 aromatic heterocycles. The molecule has 82 valence electrons. The fourth-order valence-corrected chi connectivity index (χ4v) is 1.67. The van der Waals surface area contributed by atoms with Crippen LogP contribution in [0.15, 0.2) is 30.3 Å². The molecule has 1 heterocycles. The van der Waals surface area contributed by atoms with Crippen molar-refractivity contribution < 1.29 is 4.79 Å². The van der Waals surface area contributed by atoms with Crippen molar-refractivity contribution in [2.24, 2.45) is 0 Å². The van der Waals surface area contributed by atoms with Crippen molar-refractivity contribution >= 4 is 28.4 Å². The summed E-state index contributed by atoms with van der Waals surface area (Å²) in [7, 11) is 1.61. The third-order valence-corrected chi connectivity index (χ3v) is 2.56. The summed E-state index contributed by atoms with van der Waals surface area (Å²) < 4.78 is 0. The largest absolute Gasteiger partial charge is 0.359 e. The molecule has 0 radical (unpaired) electrons. The van der Waals surface area contributed by atoms with E-state index in [0.717, 1.165) is 16.6 Å². The molecule has 0 unspecified atom stereocenters. The fourth-order valence-electron chi connectivity index (χ4n) is 1.49. The number of likely N-dealkylation sites (N-methyl/N-ethyl adjacent to an activating group) is 1. The first-order valence-electron chi connectivity index (χ1n) is 4.95. The Kier molecular flexibility index (Phi) is 3.06. The van der Waals surface area contributed by atoms with Crippen LogP contribution in [0.4, 0.5) is 0 Å². The first kappa shape index (κ1) is 10.9. The van der Waals surface area contributed by atoms with Crippen molar-refractivity contribution in [2.45, 2.75) is 6.42 Å². The molecule has 0 aliphatic carbocycles. The van der Waals surface area contributed by atoms with Gasteiger partial charge in [0.25, 0.3) is 0 Å². The molecule has 0 atom stereocenters. The summed E-state index contributed by atoms with van der Waals surface area (Å²) in [6.07, 6.45) is 0.301. The SMILES string of the molecule is CNC(=O)Cc1ccc2cc(Cl)ccc2n1. The molecule has 0 fully saturated rings. The van der Waals surface area contributed by atoms with E-state index in [-0.39, 0.29) is 5.91 Å². The normalized spacial score (nSPS) is 10.4. The van der Waals surface area contributed by atoms with Crippen LogP contribution in [-0.4, -0.2) is 17.9 Å². The van der Waals surface area contributed by atoms with Crippen LogP contribution >= 0.6 is 11.6 Å². The lowest BCUT2D eigenvalue weighted by Crippen LogP contribution is -2.20. The third kappa shape index (κ3) is 2.31. The number of fused-ring (bicyclic) bond motifs is 1. The van der Waals surface area contributed by atoms with Gasteiger partial charge in [-0.1, -0.05) is 17.7 Å². The van der Waals surface area contributed by atoms with Gasteiger partial charge in [0.15, 0.2) is 0 Å². The summed E-state index contributed by atoms with van der Waals surface area (Å²) in [5, 5.41) is 4.24. The monoisotopic (exact) mass is 234 g/mol. The number of pyridine rings is 1. The number of amides is 1. The molecule has 0 aliphatic rings. The molecular weight excluding hydrogens is 224 g/mol. The number of hydrogen-bond donors (Lipinski definition) is 1. The second kappa shape index (κ2) is 4.49. The number of carbonyl (C=O) groups excluding carboxylic acids is 1. The van der Waals surface area contributed by atoms with Crippen LogP contribution in [0.5, 0.6) is 0 Å². The zero-order valence-corrected chi connectivity index (χ0v) is 9.58. The highest BCUT2D eigenvalue weighted by molar-refractivity contribution is 6.31. The molecule has 1 N–H and O–H groups in total. The summed E-state index contributed by atoms with van der Waals surface area (Å²) >= 11 is 5.87. The summed E-state index contributed by atoms with van der Waals surface area (Å²) in [6, 6.07) is 9.26. The van der Waals surface area contributed by atoms with Crippen LogP contribution in [0.3, 0.4) is 0 Å². The van der Waals surface area contributed by atoms with E-state index in [2.05, 4.69) is 10.3 Å². The van der Waals surface area contributed by atoms with Crippen molar-refractivity contribution in [3.8, 4) is 0 Å². The van der Waals surface area contributed by atoms with Crippen LogP contribution in [0.2, 0.25) is 5.02 Å². The molecule has 1 aromatic carbocycles. The Morgan fingerprint density at radius 1 is 1.38 bits per heavy atom. The average molecular weight is 235 g/mol. The number of rotatable bonds is 2. The van der Waals surface area contributed by atoms with Crippen molar-refractivity contribution in [2.75, 3.05) is 7.05 Å². The van der Waals surface area contributed by atoms with Crippen LogP contribution in [0.25, 0.3) is 10.9 Å². The molecule has 0 aliphatic heterocycles. The average Bonchev–Trinajstić information content (AvgIpc) is 2.29. The minimum absolute atomic E-state index is 0.0409. The van der Waals surface area contributed by atoms with Crippen molar-refractivity contribution in [3.63, 3.8) is 0 Å². The van der Waals surface area contributed by atoms with Gasteiger partial charge < -0.3 is 5.32 Å². The zero-order valence-electron chi connectivity index (χ0n) is 8.83. The Hall–Kier alpha value is -1.61. The van der Waals surface area contributed by atoms with E-state index in [1.165, 1.54) is 0 Å². The van der Waals surface area contributed by atoms with E-state index in [1.54, 1.807) is 13.1 Å². The molecule has 16 heavy (non-hydrogen) atoms. The number of aromatic nitrogens is 1. The van der Waals surface area contributed by atoms with Gasteiger partial charge in [0.2, 0.25) is 5.91 Å². The fraction of sp³-hybridized carbons (Fsp3) is 0.167. The van der Waals surface area contributed by atoms with Crippen molar-refractivity contribution in [1.29, 1.82) is 0 Å². The van der Waals surface area contributed by atoms with E-state index in [4.69, 9.17) is 11.6 Å². The molecule has 2 rings (SSSR count). The molecule has 1 amide bonds. The standard InChI is InChI=1S/C12H11ClN2O/c1-14-12(16)7-10-4-2-8-6-9(13)3-5-11(8)15-10/h2-6H,7H2,1H3,(H,14,16). The van der Waals surface area contributed by atoms with Gasteiger partial charge >= 0.3 is 0 Å². The van der Waals surface area contributed by atoms with Crippen molar-refractivity contribution in [1.82, 2.24) is 10.3 Å². The van der Waals surface area contributed by atoms with Crippen LogP contribution < -0.4 is 5.32 Å². The Morgan fingerprint density at radius 2 is 2.19 bits per heavy atom. The summed E-state index contributed by atoms with van der Waals surface area (Å²) in [5.41, 5.74) is 1.61. The molecular formula is C12H11ClN2O. The summed E-state index contributed by atoms with van der Waals surface area (Å²) in [6.45, 7) is 0. The highest BCUT2D eigenvalue weighted by Gasteiger charge is 2.03. The second-order valence-electron chi connectivity index (χ2n) is 3.49. The first-order valence-corrected chi connectivity index (χ1v) is 5.32. The van der Waals surface area contributed by atoms with Gasteiger partial charge in [0, 0.05) is 17.5 Å². The van der Waals surface area contributed by atoms with E-state index in [9.17, 15) is 4.79 Å². The topological polar surface area (TPSA) is 42.0 Å². The van der Waals surface area contributed by atoms with E-state index >= 15 is 0 Å². The lowest BCUT2D eigenvalue weighted by molar-refractivity contribution is -0.120. The van der Waals surface area contributed by atoms with Gasteiger partial charge in [-0.15, -0.1) is 0 Å². The molecule has 0 spiro atoms. The van der Waals surface area contributed by atoms with Gasteiger partial charge in [-0.05, 0) is 24.3 Å². The molecule has 0 bridgehead atoms. The summed E-state index contributed by atoms with van der Waals surface area (Å²) in [4.78, 5) is 15.6. The molecule has 0 saturated heterocycles. The van der Waals surface area contributed by atoms with E-state index < -0.39 is 0 Å². The van der Waals surface area contributed by atoms with Gasteiger partial charge in [-0.25, -0.2) is 0 Å². The lowest BCUT2D eigenvalue weighted by atomic mass is 10.2. The van der Waals surface area contributed by atoms with Gasteiger partial charge in [-0.2, -0.15) is 0 Å². The molecule has 3 nitrogen and oxygen atoms in total. The number of carbonyl (C=O) groups is 1. The Balaban J connectivity index is 2.37. The smallest absolute Gasteiger partial charge is 0.225 e. The lowest BCUT2D eigenvalue weighted by Gasteiger charge is -2.02. The maximum absolute atomic E-state index is 11.2. The number of nitrogens with zero attached hydrogens (tertiary/aromatic N) is 1. The maximum atomic E-state index is 11.2. The highest BCUT2D eigenvalue weighted by Crippen LogP contribution is 2.18. The molecule has 4 heteroatoms. The second-order valence-corrected chi connectivity index (χ2v) is 3.93. The maximum Gasteiger partial charge on any atom is 0.225 e. The Bertz CT molecular complexity index is 540. The minimum Gasteiger partial charge on any atom is -0.359 e. The number of benzene rings is 1. The number of nitrogens with one attached hydrogen (secondary N) is 1. The molecule has 2 aromatic rings. The minimum atomic E-state index is -0.0409. The Morgan fingerprint density at radius 3 is 2.94 bits per heavy atom. The zero-order chi connectivity index (χ0) is 11.5. The van der Waals surface area contributed by atoms with Crippen LogP contribution in [0, 0.1) is 0 Å². The quantitative estimate of drug-likeness (QED) is 0.866. The predicted molar refractivity (Wildman–Crippen MR) is 64.5 cm³/mol. The van der Waals surface area contributed by atoms with Crippen molar-refractivity contribution in [3.05, 3.63) is 41.0 Å². The predicted octanol–water partition coefficient (Wildman–Crippen LogP) is 2.18. The van der Waals surface area contributed by atoms with E-state index in [0.29, 0.717) is 11.4 Å².